The molecular formula is C17H22N2O2. The van der Waals surface area contributed by atoms with Gasteiger partial charge < -0.3 is 10.6 Å². The molecule has 0 bridgehead atoms. The highest BCUT2D eigenvalue weighted by atomic mass is 16.1. The quantitative estimate of drug-likeness (QED) is 0.496. The molecule has 0 saturated heterocycles. The normalized spacial score (nSPS) is 13.2. The summed E-state index contributed by atoms with van der Waals surface area (Å²) in [6.45, 7) is 3.67. The average molecular weight is 286 g/mol. The first-order valence-corrected chi connectivity index (χ1v) is 6.79. The van der Waals surface area contributed by atoms with E-state index >= 15 is 0 Å². The van der Waals surface area contributed by atoms with Gasteiger partial charge in [0.25, 0.3) is 0 Å². The molecule has 1 rings (SSSR count). The third kappa shape index (κ3) is 5.26. The third-order valence-corrected chi connectivity index (χ3v) is 3.11. The van der Waals surface area contributed by atoms with Gasteiger partial charge in [-0.05, 0) is 31.2 Å². The Morgan fingerprint density at radius 1 is 1.14 bits per heavy atom. The number of ketones is 1. The number of hydrogen-bond donors (Lipinski definition) is 1. The summed E-state index contributed by atoms with van der Waals surface area (Å²) < 4.78 is 0. The van der Waals surface area contributed by atoms with Crippen LogP contribution in [0.25, 0.3) is 0 Å². The van der Waals surface area contributed by atoms with Crippen molar-refractivity contribution in [3.63, 3.8) is 0 Å². The Bertz CT molecular complexity index is 569. The van der Waals surface area contributed by atoms with E-state index in [1.54, 1.807) is 6.08 Å². The van der Waals surface area contributed by atoms with Crippen molar-refractivity contribution in [1.29, 1.82) is 0 Å². The van der Waals surface area contributed by atoms with E-state index in [4.69, 9.17) is 5.73 Å². The molecule has 0 radical (unpaired) electrons. The van der Waals surface area contributed by atoms with Gasteiger partial charge in [0.15, 0.2) is 5.78 Å². The zero-order chi connectivity index (χ0) is 16.0. The molecular weight excluding hydrogens is 264 g/mol. The summed E-state index contributed by atoms with van der Waals surface area (Å²) in [5.74, 6) is -0.708. The first-order chi connectivity index (χ1) is 9.81. The summed E-state index contributed by atoms with van der Waals surface area (Å²) in [4.78, 5) is 25.0. The predicted octanol–water partition coefficient (Wildman–Crippen LogP) is 2.56. The van der Waals surface area contributed by atoms with Gasteiger partial charge in [0.2, 0.25) is 5.91 Å². The number of amides is 1. The number of anilines is 1. The molecule has 0 heterocycles. The molecule has 0 aliphatic heterocycles. The Morgan fingerprint density at radius 2 is 1.71 bits per heavy atom. The molecule has 4 heteroatoms. The summed E-state index contributed by atoms with van der Waals surface area (Å²) in [6, 6.07) is 7.50. The molecule has 2 N–H and O–H groups in total. The van der Waals surface area contributed by atoms with Crippen molar-refractivity contribution in [2.24, 2.45) is 11.7 Å². The molecule has 4 nitrogen and oxygen atoms in total. The van der Waals surface area contributed by atoms with Gasteiger partial charge in [0, 0.05) is 37.3 Å². The van der Waals surface area contributed by atoms with Crippen LogP contribution in [0.1, 0.15) is 24.2 Å². The van der Waals surface area contributed by atoms with E-state index in [0.29, 0.717) is 5.56 Å². The van der Waals surface area contributed by atoms with Crippen molar-refractivity contribution in [2.45, 2.75) is 13.8 Å². The Kier molecular flexibility index (Phi) is 5.91. The summed E-state index contributed by atoms with van der Waals surface area (Å²) in [6.07, 6.45) is 4.72. The first kappa shape index (κ1) is 16.7. The fraction of sp³-hybridized carbons (Fsp3) is 0.294. The zero-order valence-corrected chi connectivity index (χ0v) is 13.0. The number of carbonyl (C=O) groups excluding carboxylic acids is 2. The van der Waals surface area contributed by atoms with Crippen LogP contribution in [0.2, 0.25) is 0 Å². The number of nitrogens with zero attached hydrogens (tertiary/aromatic N) is 1. The highest BCUT2D eigenvalue weighted by molar-refractivity contribution is 5.99. The van der Waals surface area contributed by atoms with Gasteiger partial charge in [-0.2, -0.15) is 0 Å². The molecule has 1 aromatic carbocycles. The van der Waals surface area contributed by atoms with Crippen molar-refractivity contribution in [1.82, 2.24) is 0 Å². The third-order valence-electron chi connectivity index (χ3n) is 3.11. The molecule has 0 aromatic heterocycles. The van der Waals surface area contributed by atoms with Gasteiger partial charge in [0.05, 0.1) is 0 Å². The second-order valence-corrected chi connectivity index (χ2v) is 5.24. The Balaban J connectivity index is 2.82. The number of nitrogens with two attached hydrogens (primary N) is 1. The maximum Gasteiger partial charge on any atom is 0.241 e. The lowest BCUT2D eigenvalue weighted by Crippen LogP contribution is -2.11. The van der Waals surface area contributed by atoms with Crippen molar-refractivity contribution in [2.75, 3.05) is 19.0 Å². The summed E-state index contributed by atoms with van der Waals surface area (Å²) in [7, 11) is 3.91. The summed E-state index contributed by atoms with van der Waals surface area (Å²) in [5, 5.41) is 0. The molecule has 1 aromatic rings. The van der Waals surface area contributed by atoms with Crippen molar-refractivity contribution in [3.05, 3.63) is 53.6 Å². The van der Waals surface area contributed by atoms with E-state index in [9.17, 15) is 9.59 Å². The molecule has 0 saturated carbocycles. The van der Waals surface area contributed by atoms with Gasteiger partial charge in [-0.25, -0.2) is 0 Å². The monoisotopic (exact) mass is 286 g/mol. The van der Waals surface area contributed by atoms with Gasteiger partial charge >= 0.3 is 0 Å². The van der Waals surface area contributed by atoms with E-state index in [-0.39, 0.29) is 11.7 Å². The fourth-order valence-corrected chi connectivity index (χ4v) is 1.93. The Morgan fingerprint density at radius 3 is 2.19 bits per heavy atom. The van der Waals surface area contributed by atoms with Crippen LogP contribution in [0.4, 0.5) is 5.69 Å². The first-order valence-electron chi connectivity index (χ1n) is 6.79. The van der Waals surface area contributed by atoms with Crippen LogP contribution in [0.5, 0.6) is 0 Å². The van der Waals surface area contributed by atoms with Crippen LogP contribution in [-0.4, -0.2) is 25.8 Å². The van der Waals surface area contributed by atoms with Gasteiger partial charge in [-0.15, -0.1) is 0 Å². The molecule has 1 amide bonds. The number of carbonyl (C=O) groups is 2. The zero-order valence-electron chi connectivity index (χ0n) is 13.0. The minimum absolute atomic E-state index is 0.0483. The van der Waals surface area contributed by atoms with Crippen LogP contribution in [0.3, 0.4) is 0 Å². The van der Waals surface area contributed by atoms with Crippen LogP contribution in [0, 0.1) is 5.92 Å². The minimum atomic E-state index is -0.499. The molecule has 21 heavy (non-hydrogen) atoms. The van der Waals surface area contributed by atoms with E-state index in [1.165, 1.54) is 6.08 Å². The molecule has 1 atom stereocenters. The predicted molar refractivity (Wildman–Crippen MR) is 86.4 cm³/mol. The van der Waals surface area contributed by atoms with Crippen LogP contribution >= 0.6 is 0 Å². The number of allylic oxidation sites excluding steroid dienone is 3. The number of hydrogen-bond acceptors (Lipinski definition) is 3. The molecule has 0 unspecified atom stereocenters. The molecule has 112 valence electrons. The molecule has 0 aliphatic carbocycles. The SMILES string of the molecule is CC(/C=C/C(N)=O)=C\[C@@H](C)C(=O)c1ccc(N(C)C)cc1. The van der Waals surface area contributed by atoms with Crippen LogP contribution < -0.4 is 10.6 Å². The van der Waals surface area contributed by atoms with Gasteiger partial charge in [-0.1, -0.05) is 24.6 Å². The van der Waals surface area contributed by atoms with E-state index in [2.05, 4.69) is 0 Å². The summed E-state index contributed by atoms with van der Waals surface area (Å²) >= 11 is 0. The van der Waals surface area contributed by atoms with Crippen LogP contribution in [-0.2, 0) is 4.79 Å². The number of primary amides is 1. The lowest BCUT2D eigenvalue weighted by atomic mass is 9.97. The maximum absolute atomic E-state index is 12.3. The smallest absolute Gasteiger partial charge is 0.241 e. The lowest BCUT2D eigenvalue weighted by Gasteiger charge is -2.13. The number of benzene rings is 1. The standard InChI is InChI=1S/C17H22N2O2/c1-12(5-10-16(18)20)11-13(2)17(21)14-6-8-15(9-7-14)19(3)4/h5-11,13H,1-4H3,(H2,18,20)/b10-5+,12-11+/t13-/m1/s1. The van der Waals surface area contributed by atoms with Gasteiger partial charge in [0.1, 0.15) is 0 Å². The minimum Gasteiger partial charge on any atom is -0.378 e. The van der Waals surface area contributed by atoms with Crippen molar-refractivity contribution in [3.8, 4) is 0 Å². The van der Waals surface area contributed by atoms with Crippen molar-refractivity contribution >= 4 is 17.4 Å². The fourth-order valence-electron chi connectivity index (χ4n) is 1.93. The second kappa shape index (κ2) is 7.43. The second-order valence-electron chi connectivity index (χ2n) is 5.24. The van der Waals surface area contributed by atoms with Crippen LogP contribution in [0.15, 0.2) is 48.1 Å². The molecule has 0 fully saturated rings. The number of rotatable bonds is 6. The Labute approximate surface area is 125 Å². The molecule has 0 aliphatic rings. The van der Waals surface area contributed by atoms with E-state index < -0.39 is 5.91 Å². The lowest BCUT2D eigenvalue weighted by molar-refractivity contribution is -0.113. The summed E-state index contributed by atoms with van der Waals surface area (Å²) in [5.41, 5.74) is 7.60. The molecule has 0 spiro atoms. The maximum atomic E-state index is 12.3. The van der Waals surface area contributed by atoms with Crippen molar-refractivity contribution < 1.29 is 9.59 Å². The highest BCUT2D eigenvalue weighted by Gasteiger charge is 2.13. The van der Waals surface area contributed by atoms with E-state index in [0.717, 1.165) is 11.3 Å². The largest absolute Gasteiger partial charge is 0.378 e. The van der Waals surface area contributed by atoms with Gasteiger partial charge in [-0.3, -0.25) is 9.59 Å². The number of Topliss-reactive ketones (excluding diaryl/α,β-unsaturated/α-hetero) is 1. The topological polar surface area (TPSA) is 63.4 Å². The Hall–Kier alpha value is -2.36. The average Bonchev–Trinajstić information content (AvgIpc) is 2.44. The van der Waals surface area contributed by atoms with E-state index in [1.807, 2.05) is 63.2 Å². The highest BCUT2D eigenvalue weighted by Crippen LogP contribution is 2.16.